The van der Waals surface area contributed by atoms with Crippen LogP contribution in [0.15, 0.2) is 6.07 Å². The number of nitrogens with zero attached hydrogens (tertiary/aromatic N) is 2. The van der Waals surface area contributed by atoms with Crippen LogP contribution in [0.2, 0.25) is 0 Å². The van der Waals surface area contributed by atoms with E-state index >= 15 is 0 Å². The number of rotatable bonds is 2. The molecule has 1 aliphatic carbocycles. The zero-order chi connectivity index (χ0) is 14.4. The summed E-state index contributed by atoms with van der Waals surface area (Å²) in [5.74, 6) is 1.85. The monoisotopic (exact) mass is 291 g/mol. The predicted octanol–water partition coefficient (Wildman–Crippen LogP) is 1.54. The summed E-state index contributed by atoms with van der Waals surface area (Å²) in [5, 5.41) is 10.1. The molecule has 108 valence electrons. The van der Waals surface area contributed by atoms with Gasteiger partial charge >= 0.3 is 0 Å². The maximum Gasteiger partial charge on any atom is 0.139 e. The Morgan fingerprint density at radius 3 is 2.80 bits per heavy atom. The lowest BCUT2D eigenvalue weighted by atomic mass is 10.00. The average molecular weight is 291 g/mol. The summed E-state index contributed by atoms with van der Waals surface area (Å²) in [5.41, 5.74) is 8.84. The van der Waals surface area contributed by atoms with Gasteiger partial charge in [0.25, 0.3) is 0 Å². The minimum absolute atomic E-state index is 0.163. The van der Waals surface area contributed by atoms with E-state index in [1.807, 2.05) is 19.9 Å². The Labute approximate surface area is 125 Å². The summed E-state index contributed by atoms with van der Waals surface area (Å²) in [7, 11) is 0. The molecule has 5 heteroatoms. The summed E-state index contributed by atoms with van der Waals surface area (Å²) in [6.07, 6.45) is 1.88. The number of thiocarbonyl (C=S) groups is 1. The van der Waals surface area contributed by atoms with Crippen LogP contribution in [-0.2, 0) is 0 Å². The molecule has 2 heterocycles. The van der Waals surface area contributed by atoms with Gasteiger partial charge in [-0.1, -0.05) is 12.2 Å². The van der Waals surface area contributed by atoms with E-state index in [0.29, 0.717) is 16.8 Å². The summed E-state index contributed by atoms with van der Waals surface area (Å²) < 4.78 is 0. The minimum atomic E-state index is -0.163. The van der Waals surface area contributed by atoms with E-state index in [4.69, 9.17) is 18.0 Å². The molecule has 20 heavy (non-hydrogen) atoms. The summed E-state index contributed by atoms with van der Waals surface area (Å²) in [4.78, 5) is 7.33. The van der Waals surface area contributed by atoms with Crippen molar-refractivity contribution in [3.8, 4) is 0 Å². The van der Waals surface area contributed by atoms with E-state index in [9.17, 15) is 5.11 Å². The second-order valence-electron chi connectivity index (χ2n) is 6.12. The molecule has 0 spiro atoms. The Morgan fingerprint density at radius 2 is 2.15 bits per heavy atom. The smallest absolute Gasteiger partial charge is 0.139 e. The fourth-order valence-electron chi connectivity index (χ4n) is 3.76. The molecular weight excluding hydrogens is 270 g/mol. The molecular formula is C15H21N3OS. The second kappa shape index (κ2) is 4.97. The number of aliphatic hydroxyl groups excluding tert-OH is 1. The molecule has 1 aromatic rings. The highest BCUT2D eigenvalue weighted by Gasteiger charge is 2.42. The van der Waals surface area contributed by atoms with E-state index in [1.54, 1.807) is 0 Å². The van der Waals surface area contributed by atoms with Crippen molar-refractivity contribution in [3.63, 3.8) is 0 Å². The van der Waals surface area contributed by atoms with Crippen LogP contribution in [0, 0.1) is 25.7 Å². The lowest BCUT2D eigenvalue weighted by Gasteiger charge is -2.23. The highest BCUT2D eigenvalue weighted by atomic mass is 32.1. The van der Waals surface area contributed by atoms with E-state index in [1.165, 1.54) is 0 Å². The number of aliphatic hydroxyl groups is 1. The number of fused-ring (bicyclic) bond motifs is 1. The highest BCUT2D eigenvalue weighted by Crippen LogP contribution is 2.40. The Bertz CT molecular complexity index is 560. The van der Waals surface area contributed by atoms with E-state index in [-0.39, 0.29) is 6.10 Å². The van der Waals surface area contributed by atoms with Crippen LogP contribution in [-0.4, -0.2) is 34.3 Å². The first-order valence-corrected chi connectivity index (χ1v) is 7.59. The quantitative estimate of drug-likeness (QED) is 0.809. The van der Waals surface area contributed by atoms with Crippen molar-refractivity contribution in [2.24, 2.45) is 17.6 Å². The molecule has 0 radical (unpaired) electrons. The predicted molar refractivity (Wildman–Crippen MR) is 84.0 cm³/mol. The van der Waals surface area contributed by atoms with Gasteiger partial charge in [0.15, 0.2) is 0 Å². The van der Waals surface area contributed by atoms with Gasteiger partial charge in [0.2, 0.25) is 0 Å². The molecule has 3 atom stereocenters. The van der Waals surface area contributed by atoms with E-state index < -0.39 is 0 Å². The van der Waals surface area contributed by atoms with Gasteiger partial charge in [-0.2, -0.15) is 0 Å². The average Bonchev–Trinajstić information content (AvgIpc) is 2.90. The molecule has 1 aromatic heterocycles. The van der Waals surface area contributed by atoms with Gasteiger partial charge in [0, 0.05) is 24.7 Å². The van der Waals surface area contributed by atoms with Gasteiger partial charge in [0.1, 0.15) is 10.8 Å². The Balaban J connectivity index is 1.97. The fourth-order valence-corrected chi connectivity index (χ4v) is 4.01. The van der Waals surface area contributed by atoms with Gasteiger partial charge in [-0.05, 0) is 44.2 Å². The largest absolute Gasteiger partial charge is 0.393 e. The third kappa shape index (κ3) is 2.19. The minimum Gasteiger partial charge on any atom is -0.393 e. The molecule has 1 saturated heterocycles. The van der Waals surface area contributed by atoms with Crippen molar-refractivity contribution in [1.82, 2.24) is 4.98 Å². The molecule has 2 aliphatic rings. The molecule has 0 aromatic carbocycles. The zero-order valence-corrected chi connectivity index (χ0v) is 12.8. The van der Waals surface area contributed by atoms with Crippen molar-refractivity contribution in [3.05, 3.63) is 22.9 Å². The molecule has 3 unspecified atom stereocenters. The van der Waals surface area contributed by atoms with Crippen LogP contribution in [0.5, 0.6) is 0 Å². The first-order chi connectivity index (χ1) is 9.47. The topological polar surface area (TPSA) is 62.4 Å². The van der Waals surface area contributed by atoms with Gasteiger partial charge in [-0.3, -0.25) is 0 Å². The zero-order valence-electron chi connectivity index (χ0n) is 12.0. The fraction of sp³-hybridized carbons (Fsp3) is 0.600. The lowest BCUT2D eigenvalue weighted by Crippen LogP contribution is -2.28. The van der Waals surface area contributed by atoms with Crippen LogP contribution in [0.3, 0.4) is 0 Å². The standard InChI is InChI=1S/C15H21N3OS/c1-8-5-9(2)17-15(13(8)14(16)20)18-6-10-3-4-12(19)11(10)7-18/h5,10-12,19H,3-4,6-7H2,1-2H3,(H2,16,20). The number of nitrogens with two attached hydrogens (primary N) is 1. The number of hydrogen-bond acceptors (Lipinski definition) is 4. The third-order valence-electron chi connectivity index (χ3n) is 4.69. The number of pyridine rings is 1. The van der Waals surface area contributed by atoms with Gasteiger partial charge in [0.05, 0.1) is 11.7 Å². The number of hydrogen-bond donors (Lipinski definition) is 2. The van der Waals surface area contributed by atoms with Crippen molar-refractivity contribution in [1.29, 1.82) is 0 Å². The molecule has 1 saturated carbocycles. The van der Waals surface area contributed by atoms with Crippen molar-refractivity contribution in [2.45, 2.75) is 32.8 Å². The van der Waals surface area contributed by atoms with Crippen molar-refractivity contribution in [2.75, 3.05) is 18.0 Å². The molecule has 3 rings (SSSR count). The van der Waals surface area contributed by atoms with Gasteiger partial charge in [-0.15, -0.1) is 0 Å². The number of anilines is 1. The van der Waals surface area contributed by atoms with Crippen LogP contribution in [0.4, 0.5) is 5.82 Å². The first-order valence-electron chi connectivity index (χ1n) is 7.18. The van der Waals surface area contributed by atoms with Gasteiger partial charge < -0.3 is 15.7 Å². The summed E-state index contributed by atoms with van der Waals surface area (Å²) in [6.45, 7) is 5.83. The first kappa shape index (κ1) is 13.8. The molecule has 0 bridgehead atoms. The van der Waals surface area contributed by atoms with Crippen LogP contribution in [0.1, 0.15) is 29.7 Å². The maximum atomic E-state index is 10.1. The Morgan fingerprint density at radius 1 is 1.40 bits per heavy atom. The van der Waals surface area contributed by atoms with Gasteiger partial charge in [-0.25, -0.2) is 4.98 Å². The summed E-state index contributed by atoms with van der Waals surface area (Å²) >= 11 is 5.20. The SMILES string of the molecule is Cc1cc(C)c(C(N)=S)c(N2CC3CCC(O)C3C2)n1. The molecule has 3 N–H and O–H groups in total. The van der Waals surface area contributed by atoms with Crippen LogP contribution >= 0.6 is 12.2 Å². The Kier molecular flexibility index (Phi) is 3.42. The Hall–Kier alpha value is -1.20. The molecule has 0 amide bonds. The third-order valence-corrected chi connectivity index (χ3v) is 4.89. The second-order valence-corrected chi connectivity index (χ2v) is 6.56. The summed E-state index contributed by atoms with van der Waals surface area (Å²) in [6, 6.07) is 2.02. The van der Waals surface area contributed by atoms with E-state index in [0.717, 1.165) is 48.6 Å². The molecule has 2 fully saturated rings. The maximum absolute atomic E-state index is 10.1. The van der Waals surface area contributed by atoms with Crippen molar-refractivity contribution < 1.29 is 5.11 Å². The van der Waals surface area contributed by atoms with E-state index in [2.05, 4.69) is 9.88 Å². The number of aromatic nitrogens is 1. The van der Waals surface area contributed by atoms with Crippen LogP contribution < -0.4 is 10.6 Å². The normalized spacial score (nSPS) is 28.8. The molecule has 4 nitrogen and oxygen atoms in total. The molecule has 1 aliphatic heterocycles. The lowest BCUT2D eigenvalue weighted by molar-refractivity contribution is 0.133. The van der Waals surface area contributed by atoms with Crippen molar-refractivity contribution >= 4 is 23.0 Å². The number of aryl methyl sites for hydroxylation is 2. The highest BCUT2D eigenvalue weighted by molar-refractivity contribution is 7.80. The van der Waals surface area contributed by atoms with Crippen LogP contribution in [0.25, 0.3) is 0 Å².